The first-order valence-corrected chi connectivity index (χ1v) is 22.5. The van der Waals surface area contributed by atoms with Crippen molar-refractivity contribution in [3.63, 3.8) is 0 Å². The summed E-state index contributed by atoms with van der Waals surface area (Å²) in [5, 5.41) is 0. The summed E-state index contributed by atoms with van der Waals surface area (Å²) in [6, 6.07) is 6.66. The largest absolute Gasteiger partial charge is 0.497 e. The van der Waals surface area contributed by atoms with Crippen molar-refractivity contribution in [1.82, 2.24) is 0 Å². The molecule has 0 bridgehead atoms. The lowest BCUT2D eigenvalue weighted by atomic mass is 9.92. The molecule has 0 radical (unpaired) electrons. The van der Waals surface area contributed by atoms with E-state index in [1.807, 2.05) is 0 Å². The Morgan fingerprint density at radius 1 is 0.507 bits per heavy atom. The second-order valence-electron chi connectivity index (χ2n) is 21.7. The Labute approximate surface area is 396 Å². The van der Waals surface area contributed by atoms with Gasteiger partial charge < -0.3 is 56.8 Å². The highest BCUT2D eigenvalue weighted by atomic mass is 16.8. The molecule has 2 aliphatic rings. The molecule has 2 saturated heterocycles. The number of hydrogen-bond donors (Lipinski definition) is 0. The second-order valence-corrected chi connectivity index (χ2v) is 21.7. The van der Waals surface area contributed by atoms with Gasteiger partial charge in [-0.05, 0) is 128 Å². The van der Waals surface area contributed by atoms with Crippen LogP contribution in [0.2, 0.25) is 0 Å². The fraction of sp³-hybridized carbons (Fsp3) is 0.700. The number of carbonyl (C=O) groups excluding carboxylic acids is 5. The van der Waals surface area contributed by atoms with Gasteiger partial charge in [0.2, 0.25) is 6.29 Å². The Kier molecular flexibility index (Phi) is 19.6. The number of rotatable bonds is 18. The third-order valence-electron chi connectivity index (χ3n) is 10.1. The average Bonchev–Trinajstić information content (AvgIpc) is 3.21. The van der Waals surface area contributed by atoms with Crippen molar-refractivity contribution in [2.24, 2.45) is 27.1 Å². The summed E-state index contributed by atoms with van der Waals surface area (Å²) in [7, 11) is 1.53. The number of carbonyl (C=O) groups is 5. The van der Waals surface area contributed by atoms with Crippen molar-refractivity contribution >= 4 is 29.8 Å². The van der Waals surface area contributed by atoms with Gasteiger partial charge in [0.05, 0.1) is 54.0 Å². The number of esters is 5. The lowest BCUT2D eigenvalue weighted by Gasteiger charge is -2.49. The Morgan fingerprint density at radius 2 is 0.910 bits per heavy atom. The molecule has 2 heterocycles. The van der Waals surface area contributed by atoms with E-state index in [4.69, 9.17) is 56.8 Å². The monoisotopic (exact) mass is 949 g/mol. The minimum atomic E-state index is -1.73. The van der Waals surface area contributed by atoms with E-state index in [9.17, 15) is 24.0 Å². The SMILES string of the molecule is C=CCOC[C@H]1O[C@@H](Oc2ccc(OC)cc2)[C@H](OC(=O)C(C)(C)C)[C@@H](OCC=C)[C@H]1O[C@@H]1O[C@H](COC(=O)C(C)(C)C)[C@H](OC(=O)C(C)(C)C)[C@H](OC(=O)C(C)(C)C)[C@H]1OC(=O)C(C)(C)C. The maximum absolute atomic E-state index is 14.0. The predicted octanol–water partition coefficient (Wildman–Crippen LogP) is 7.10. The molecule has 17 heteroatoms. The maximum Gasteiger partial charge on any atom is 0.311 e. The van der Waals surface area contributed by atoms with E-state index in [1.165, 1.54) is 19.3 Å². The van der Waals surface area contributed by atoms with Crippen molar-refractivity contribution < 1.29 is 80.8 Å². The van der Waals surface area contributed by atoms with Crippen LogP contribution in [-0.2, 0) is 71.3 Å². The van der Waals surface area contributed by atoms with Gasteiger partial charge in [0.25, 0.3) is 0 Å². The van der Waals surface area contributed by atoms with Gasteiger partial charge in [-0.25, -0.2) is 0 Å². The fourth-order valence-electron chi connectivity index (χ4n) is 6.08. The number of benzene rings is 1. The van der Waals surface area contributed by atoms with E-state index >= 15 is 0 Å². The molecule has 10 atom stereocenters. The van der Waals surface area contributed by atoms with E-state index in [0.29, 0.717) is 11.5 Å². The van der Waals surface area contributed by atoms with Gasteiger partial charge in [-0.2, -0.15) is 0 Å². The first-order valence-electron chi connectivity index (χ1n) is 22.5. The molecule has 378 valence electrons. The van der Waals surface area contributed by atoms with Gasteiger partial charge in [0, 0.05) is 0 Å². The highest BCUT2D eigenvalue weighted by Crippen LogP contribution is 2.39. The van der Waals surface area contributed by atoms with Gasteiger partial charge in [-0.1, -0.05) is 12.2 Å². The van der Waals surface area contributed by atoms with Crippen LogP contribution in [0.1, 0.15) is 104 Å². The molecule has 0 aliphatic carbocycles. The summed E-state index contributed by atoms with van der Waals surface area (Å²) in [5.41, 5.74) is -5.34. The van der Waals surface area contributed by atoms with Crippen LogP contribution in [0, 0.1) is 27.1 Å². The molecule has 67 heavy (non-hydrogen) atoms. The lowest BCUT2D eigenvalue weighted by Crippen LogP contribution is -2.68. The number of hydrogen-bond acceptors (Lipinski definition) is 17. The summed E-state index contributed by atoms with van der Waals surface area (Å²) in [5.74, 6) is -2.62. The van der Waals surface area contributed by atoms with E-state index in [0.717, 1.165) is 0 Å². The zero-order valence-electron chi connectivity index (χ0n) is 42.4. The van der Waals surface area contributed by atoms with E-state index in [2.05, 4.69) is 13.2 Å². The quantitative estimate of drug-likeness (QED) is 0.0625. The first kappa shape index (κ1) is 56.8. The standard InChI is InChI=1S/C50H76O17/c1-19-25-57-27-31-33(35(58-26-20-2)37(66-44(54)49(12,13)14)39(61-31)60-30-23-21-29(56-18)22-24-30)63-40-38(67-45(55)50(15,16)17)36(65-43(53)48(9,10)11)34(64-42(52)47(6,7)8)32(62-40)28-59-41(51)46(3,4)5/h19-24,31-40H,1-2,25-28H2,3-18H3/t31-,32-,33+,34+,35+,36+,37-,38-,39-,40+/m1/s1. The van der Waals surface area contributed by atoms with Crippen LogP contribution in [0.25, 0.3) is 0 Å². The van der Waals surface area contributed by atoms with Gasteiger partial charge >= 0.3 is 29.8 Å². The van der Waals surface area contributed by atoms with Crippen molar-refractivity contribution in [3.8, 4) is 11.5 Å². The molecule has 0 spiro atoms. The molecule has 1 aromatic rings. The fourth-order valence-corrected chi connectivity index (χ4v) is 6.08. The topological polar surface area (TPSA) is 196 Å². The van der Waals surface area contributed by atoms with Crippen molar-refractivity contribution in [2.75, 3.05) is 33.5 Å². The lowest BCUT2D eigenvalue weighted by molar-refractivity contribution is -0.359. The summed E-state index contributed by atoms with van der Waals surface area (Å²) in [6.45, 7) is 31.5. The average molecular weight is 949 g/mol. The summed E-state index contributed by atoms with van der Waals surface area (Å²) in [4.78, 5) is 69.0. The van der Waals surface area contributed by atoms with Gasteiger partial charge in [-0.3, -0.25) is 24.0 Å². The maximum atomic E-state index is 14.0. The molecule has 3 rings (SSSR count). The van der Waals surface area contributed by atoms with E-state index in [1.54, 1.807) is 128 Å². The molecule has 0 saturated carbocycles. The van der Waals surface area contributed by atoms with Crippen LogP contribution in [0.15, 0.2) is 49.6 Å². The van der Waals surface area contributed by atoms with Crippen LogP contribution in [0.4, 0.5) is 0 Å². The normalized spacial score (nSPS) is 26.0. The number of methoxy groups -OCH3 is 1. The Balaban J connectivity index is 2.38. The van der Waals surface area contributed by atoms with Crippen LogP contribution in [0.3, 0.4) is 0 Å². The second kappa shape index (κ2) is 23.2. The van der Waals surface area contributed by atoms with Gasteiger partial charge in [-0.15, -0.1) is 13.2 Å². The molecule has 2 aliphatic heterocycles. The summed E-state index contributed by atoms with van der Waals surface area (Å²) < 4.78 is 75.0. The van der Waals surface area contributed by atoms with Gasteiger partial charge in [0.15, 0.2) is 30.7 Å². The van der Waals surface area contributed by atoms with E-state index < -0.39 is 125 Å². The van der Waals surface area contributed by atoms with Crippen LogP contribution >= 0.6 is 0 Å². The van der Waals surface area contributed by atoms with Crippen LogP contribution in [-0.4, -0.2) is 125 Å². The Bertz CT molecular complexity index is 1840. The predicted molar refractivity (Wildman–Crippen MR) is 245 cm³/mol. The zero-order chi connectivity index (χ0) is 50.9. The van der Waals surface area contributed by atoms with Crippen LogP contribution in [0.5, 0.6) is 11.5 Å². The van der Waals surface area contributed by atoms with Crippen molar-refractivity contribution in [3.05, 3.63) is 49.6 Å². The Hall–Kier alpha value is -4.55. The van der Waals surface area contributed by atoms with Gasteiger partial charge in [0.1, 0.15) is 42.5 Å². The molecule has 2 fully saturated rings. The molecule has 0 unspecified atom stereocenters. The third-order valence-corrected chi connectivity index (χ3v) is 10.1. The molecule has 0 aromatic heterocycles. The van der Waals surface area contributed by atoms with E-state index in [-0.39, 0.29) is 19.8 Å². The first-order chi connectivity index (χ1) is 30.8. The molecule has 0 N–H and O–H groups in total. The molecule has 17 nitrogen and oxygen atoms in total. The summed E-state index contributed by atoms with van der Waals surface area (Å²) in [6.07, 6.45) is -11.4. The highest BCUT2D eigenvalue weighted by molar-refractivity contribution is 5.78. The number of ether oxygens (including phenoxy) is 12. The minimum absolute atomic E-state index is 0.0792. The summed E-state index contributed by atoms with van der Waals surface area (Å²) >= 11 is 0. The molecule has 0 amide bonds. The van der Waals surface area contributed by atoms with Crippen molar-refractivity contribution in [1.29, 1.82) is 0 Å². The smallest absolute Gasteiger partial charge is 0.311 e. The minimum Gasteiger partial charge on any atom is -0.497 e. The molecule has 1 aromatic carbocycles. The zero-order valence-corrected chi connectivity index (χ0v) is 42.4. The molecular weight excluding hydrogens is 873 g/mol. The third kappa shape index (κ3) is 16.3. The van der Waals surface area contributed by atoms with Crippen molar-refractivity contribution in [2.45, 2.75) is 165 Å². The Morgan fingerprint density at radius 3 is 1.36 bits per heavy atom. The molecular formula is C50H76O17. The highest BCUT2D eigenvalue weighted by Gasteiger charge is 2.59. The van der Waals surface area contributed by atoms with Crippen LogP contribution < -0.4 is 9.47 Å².